The molecular formula is C15H18N2O3. The van der Waals surface area contributed by atoms with Crippen molar-refractivity contribution in [1.82, 2.24) is 10.1 Å². The Bertz CT molecular complexity index is 561. The second-order valence-corrected chi connectivity index (χ2v) is 4.59. The molecule has 0 saturated carbocycles. The number of benzene rings is 1. The van der Waals surface area contributed by atoms with Crippen LogP contribution in [-0.4, -0.2) is 16.1 Å². The number of hydrogen-bond donors (Lipinski definition) is 0. The summed E-state index contributed by atoms with van der Waals surface area (Å²) in [5.41, 5.74) is 0.827. The molecule has 5 nitrogen and oxygen atoms in total. The first-order chi connectivity index (χ1) is 9.69. The minimum absolute atomic E-state index is 0.193. The number of aromatic nitrogens is 2. The number of esters is 1. The summed E-state index contributed by atoms with van der Waals surface area (Å²) in [5, 5.41) is 3.83. The molecule has 0 amide bonds. The van der Waals surface area contributed by atoms with Gasteiger partial charge in [-0.25, -0.2) is 0 Å². The maximum absolute atomic E-state index is 11.6. The maximum Gasteiger partial charge on any atom is 0.311 e. The van der Waals surface area contributed by atoms with Gasteiger partial charge in [-0.3, -0.25) is 4.79 Å². The molecular weight excluding hydrogens is 256 g/mol. The largest absolute Gasteiger partial charge is 0.427 e. The minimum Gasteiger partial charge on any atom is -0.427 e. The highest BCUT2D eigenvalue weighted by atomic mass is 16.5. The smallest absolute Gasteiger partial charge is 0.311 e. The lowest BCUT2D eigenvalue weighted by atomic mass is 10.2. The lowest BCUT2D eigenvalue weighted by Crippen LogP contribution is -2.07. The van der Waals surface area contributed by atoms with Crippen LogP contribution in [0, 0.1) is 6.92 Å². The Balaban J connectivity index is 1.93. The van der Waals surface area contributed by atoms with Crippen molar-refractivity contribution < 1.29 is 14.1 Å². The van der Waals surface area contributed by atoms with E-state index in [1.807, 2.05) is 0 Å². The molecule has 2 rings (SSSR count). The quantitative estimate of drug-likeness (QED) is 0.458. The Morgan fingerprint density at radius 3 is 2.60 bits per heavy atom. The lowest BCUT2D eigenvalue weighted by molar-refractivity contribution is -0.134. The minimum atomic E-state index is -0.193. The van der Waals surface area contributed by atoms with Gasteiger partial charge in [0, 0.05) is 18.9 Å². The van der Waals surface area contributed by atoms with Crippen LogP contribution in [0.2, 0.25) is 0 Å². The Morgan fingerprint density at radius 1 is 1.25 bits per heavy atom. The summed E-state index contributed by atoms with van der Waals surface area (Å²) < 4.78 is 10.2. The van der Waals surface area contributed by atoms with Crippen LogP contribution in [0.3, 0.4) is 0 Å². The van der Waals surface area contributed by atoms with Crippen LogP contribution in [0.4, 0.5) is 0 Å². The van der Waals surface area contributed by atoms with Crippen molar-refractivity contribution in [3.05, 3.63) is 30.2 Å². The van der Waals surface area contributed by atoms with Gasteiger partial charge in [0.1, 0.15) is 5.75 Å². The van der Waals surface area contributed by atoms with Crippen LogP contribution in [0.5, 0.6) is 5.75 Å². The molecule has 0 aliphatic rings. The van der Waals surface area contributed by atoms with Gasteiger partial charge in [-0.2, -0.15) is 4.98 Å². The van der Waals surface area contributed by atoms with E-state index >= 15 is 0 Å². The van der Waals surface area contributed by atoms with E-state index in [2.05, 4.69) is 17.1 Å². The summed E-state index contributed by atoms with van der Waals surface area (Å²) in [4.78, 5) is 15.7. The fourth-order valence-corrected chi connectivity index (χ4v) is 1.79. The molecule has 0 unspecified atom stereocenters. The number of rotatable bonds is 6. The number of aryl methyl sites for hydroxylation is 1. The predicted molar refractivity (Wildman–Crippen MR) is 74.2 cm³/mol. The average molecular weight is 274 g/mol. The number of carbonyl (C=O) groups excluding carboxylic acids is 1. The lowest BCUT2D eigenvalue weighted by Gasteiger charge is -2.04. The van der Waals surface area contributed by atoms with Crippen molar-refractivity contribution >= 4 is 5.97 Å². The normalized spacial score (nSPS) is 10.5. The summed E-state index contributed by atoms with van der Waals surface area (Å²) >= 11 is 0. The molecule has 106 valence electrons. The highest BCUT2D eigenvalue weighted by molar-refractivity contribution is 5.72. The van der Waals surface area contributed by atoms with Crippen LogP contribution < -0.4 is 4.74 Å². The first kappa shape index (κ1) is 14.2. The van der Waals surface area contributed by atoms with Gasteiger partial charge < -0.3 is 9.26 Å². The molecule has 1 heterocycles. The molecule has 0 spiro atoms. The molecule has 1 aromatic heterocycles. The Hall–Kier alpha value is -2.17. The Morgan fingerprint density at radius 2 is 2.00 bits per heavy atom. The van der Waals surface area contributed by atoms with Gasteiger partial charge in [0.05, 0.1) is 0 Å². The van der Waals surface area contributed by atoms with Crippen molar-refractivity contribution in [2.45, 2.75) is 39.5 Å². The number of ether oxygens (including phenoxy) is 1. The van der Waals surface area contributed by atoms with Gasteiger partial charge in [0.2, 0.25) is 11.7 Å². The summed E-state index contributed by atoms with van der Waals surface area (Å²) in [6.45, 7) is 3.84. The first-order valence-electron chi connectivity index (χ1n) is 6.80. The molecule has 2 aromatic rings. The van der Waals surface area contributed by atoms with Gasteiger partial charge >= 0.3 is 5.97 Å². The summed E-state index contributed by atoms with van der Waals surface area (Å²) in [6, 6.07) is 7.08. The van der Waals surface area contributed by atoms with Crippen LogP contribution in [-0.2, 0) is 4.79 Å². The fraction of sp³-hybridized carbons (Fsp3) is 0.400. The molecule has 0 aliphatic heterocycles. The molecule has 0 fully saturated rings. The van der Waals surface area contributed by atoms with Crippen LogP contribution >= 0.6 is 0 Å². The molecule has 0 radical (unpaired) electrons. The van der Waals surface area contributed by atoms with E-state index < -0.39 is 0 Å². The van der Waals surface area contributed by atoms with Crippen LogP contribution in [0.1, 0.15) is 38.5 Å². The Kier molecular flexibility index (Phi) is 4.87. The van der Waals surface area contributed by atoms with E-state index in [1.165, 1.54) is 0 Å². The van der Waals surface area contributed by atoms with E-state index in [4.69, 9.17) is 9.26 Å². The average Bonchev–Trinajstić information content (AvgIpc) is 2.86. The molecule has 20 heavy (non-hydrogen) atoms. The zero-order valence-electron chi connectivity index (χ0n) is 11.8. The van der Waals surface area contributed by atoms with Gasteiger partial charge in [-0.1, -0.05) is 24.9 Å². The van der Waals surface area contributed by atoms with E-state index in [0.29, 0.717) is 23.9 Å². The molecule has 5 heteroatoms. The predicted octanol–water partition coefficient (Wildman–Crippen LogP) is 3.53. The molecule has 0 bridgehead atoms. The van der Waals surface area contributed by atoms with E-state index in [0.717, 1.165) is 24.8 Å². The Labute approximate surface area is 118 Å². The molecule has 0 atom stereocenters. The molecule has 0 N–H and O–H groups in total. The van der Waals surface area contributed by atoms with Crippen LogP contribution in [0.25, 0.3) is 11.4 Å². The monoisotopic (exact) mass is 274 g/mol. The van der Waals surface area contributed by atoms with Crippen molar-refractivity contribution in [1.29, 1.82) is 0 Å². The highest BCUT2D eigenvalue weighted by Crippen LogP contribution is 2.20. The summed E-state index contributed by atoms with van der Waals surface area (Å²) in [5.74, 6) is 1.40. The van der Waals surface area contributed by atoms with Crippen molar-refractivity contribution in [2.75, 3.05) is 0 Å². The maximum atomic E-state index is 11.6. The molecule has 0 aliphatic carbocycles. The van der Waals surface area contributed by atoms with Crippen molar-refractivity contribution in [2.24, 2.45) is 0 Å². The van der Waals surface area contributed by atoms with Crippen molar-refractivity contribution in [3.8, 4) is 17.1 Å². The number of unbranched alkanes of at least 4 members (excludes halogenated alkanes) is 2. The molecule has 1 aromatic carbocycles. The van der Waals surface area contributed by atoms with Gasteiger partial charge in [-0.15, -0.1) is 0 Å². The second kappa shape index (κ2) is 6.84. The van der Waals surface area contributed by atoms with Gasteiger partial charge in [-0.05, 0) is 30.7 Å². The number of carbonyl (C=O) groups is 1. The second-order valence-electron chi connectivity index (χ2n) is 4.59. The van der Waals surface area contributed by atoms with E-state index in [9.17, 15) is 4.79 Å². The highest BCUT2D eigenvalue weighted by Gasteiger charge is 2.07. The SMILES string of the molecule is CCCCCC(=O)Oc1ccc(-c2noc(C)n2)cc1. The third-order valence-corrected chi connectivity index (χ3v) is 2.86. The van der Waals surface area contributed by atoms with Gasteiger partial charge in [0.25, 0.3) is 0 Å². The van der Waals surface area contributed by atoms with E-state index in [-0.39, 0.29) is 5.97 Å². The van der Waals surface area contributed by atoms with E-state index in [1.54, 1.807) is 31.2 Å². The fourth-order valence-electron chi connectivity index (χ4n) is 1.79. The zero-order valence-corrected chi connectivity index (χ0v) is 11.8. The first-order valence-corrected chi connectivity index (χ1v) is 6.80. The molecule has 0 saturated heterocycles. The zero-order chi connectivity index (χ0) is 14.4. The topological polar surface area (TPSA) is 65.2 Å². The van der Waals surface area contributed by atoms with Gasteiger partial charge in [0.15, 0.2) is 0 Å². The van der Waals surface area contributed by atoms with Crippen molar-refractivity contribution in [3.63, 3.8) is 0 Å². The summed E-state index contributed by atoms with van der Waals surface area (Å²) in [7, 11) is 0. The van der Waals surface area contributed by atoms with Crippen LogP contribution in [0.15, 0.2) is 28.8 Å². The summed E-state index contributed by atoms with van der Waals surface area (Å²) in [6.07, 6.45) is 3.46. The third kappa shape index (κ3) is 3.91. The number of hydrogen-bond acceptors (Lipinski definition) is 5. The number of nitrogens with zero attached hydrogens (tertiary/aromatic N) is 2. The third-order valence-electron chi connectivity index (χ3n) is 2.86. The standard InChI is InChI=1S/C15H18N2O3/c1-3-4-5-6-14(18)19-13-9-7-12(8-10-13)15-16-11(2)20-17-15/h7-10H,3-6H2,1-2H3.